The van der Waals surface area contributed by atoms with Crippen LogP contribution in [0.15, 0.2) is 91.0 Å². The molecule has 18 heteroatoms. The van der Waals surface area contributed by atoms with E-state index in [4.69, 9.17) is 11.6 Å². The van der Waals surface area contributed by atoms with E-state index in [2.05, 4.69) is 87.2 Å². The molecule has 2 aliphatic rings. The summed E-state index contributed by atoms with van der Waals surface area (Å²) in [6, 6.07) is 27.9. The summed E-state index contributed by atoms with van der Waals surface area (Å²) in [5.74, 6) is 2.06. The summed E-state index contributed by atoms with van der Waals surface area (Å²) in [6.45, 7) is 9.69. The predicted octanol–water partition coefficient (Wildman–Crippen LogP) is 8.64. The first-order valence-electron chi connectivity index (χ1n) is 23.3. The highest BCUT2D eigenvalue weighted by atomic mass is 35.5. The first-order chi connectivity index (χ1) is 32.6. The number of nitrogens with zero attached hydrogens (tertiary/aromatic N) is 10. The van der Waals surface area contributed by atoms with Crippen molar-refractivity contribution in [1.82, 2.24) is 60.8 Å². The summed E-state index contributed by atoms with van der Waals surface area (Å²) in [6.07, 6.45) is 8.33. The Bertz CT molecular complexity index is 2510. The molecule has 0 aliphatic carbocycles. The van der Waals surface area contributed by atoms with E-state index in [9.17, 15) is 14.0 Å². The fourth-order valence-corrected chi connectivity index (χ4v) is 8.76. The molecule has 0 radical (unpaired) electrons. The fourth-order valence-electron chi connectivity index (χ4n) is 8.64. The number of rotatable bonds is 16. The molecule has 1 atom stereocenters. The van der Waals surface area contributed by atoms with Gasteiger partial charge in [0.2, 0.25) is 0 Å². The van der Waals surface area contributed by atoms with Crippen LogP contribution in [0, 0.1) is 17.7 Å². The second-order valence-corrected chi connectivity index (χ2v) is 17.9. The Morgan fingerprint density at radius 1 is 0.687 bits per heavy atom. The van der Waals surface area contributed by atoms with Crippen molar-refractivity contribution in [1.29, 1.82) is 0 Å². The predicted molar refractivity (Wildman–Crippen MR) is 269 cm³/mol. The minimum atomic E-state index is -0.204. The fraction of sp³-hybridized carbons (Fsp3) is 0.429. The van der Waals surface area contributed by atoms with Gasteiger partial charge in [-0.25, -0.2) is 23.3 Å². The van der Waals surface area contributed by atoms with Gasteiger partial charge in [-0.2, -0.15) is 0 Å². The number of hydrogen-bond donors (Lipinski definition) is 4. The number of halogens is 2. The van der Waals surface area contributed by atoms with Gasteiger partial charge in [0.15, 0.2) is 11.6 Å². The van der Waals surface area contributed by atoms with E-state index in [0.717, 1.165) is 118 Å². The largest absolute Gasteiger partial charge is 0.338 e. The Kier molecular flexibility index (Phi) is 17.8. The van der Waals surface area contributed by atoms with E-state index in [1.54, 1.807) is 23.5 Å². The van der Waals surface area contributed by atoms with Gasteiger partial charge in [0.25, 0.3) is 0 Å². The molecule has 2 aromatic heterocycles. The molecule has 0 bridgehead atoms. The third kappa shape index (κ3) is 15.1. The van der Waals surface area contributed by atoms with Crippen molar-refractivity contribution in [3.05, 3.63) is 119 Å². The van der Waals surface area contributed by atoms with Crippen LogP contribution in [0.2, 0.25) is 5.02 Å². The van der Waals surface area contributed by atoms with Gasteiger partial charge in [0.05, 0.1) is 0 Å². The molecular formula is C49H70ClFN14O2. The van der Waals surface area contributed by atoms with Crippen LogP contribution in [-0.2, 0) is 33.4 Å². The SMILES string of the molecule is CCc1cc(NC(=O)NC[C@@H]2CCCN(CCc3ccc(Cl)cc3)C2)cc(-c2nnnn2C)c1.Cn1nnnc1-c1cccc(NC(=O)NCC2CCN(CCCc3ccc(F)cc3)CC2)c1.[HH].[HH].[HH].[HH]. The van der Waals surface area contributed by atoms with Crippen molar-refractivity contribution < 1.29 is 19.7 Å². The lowest BCUT2D eigenvalue weighted by Crippen LogP contribution is -2.42. The summed E-state index contributed by atoms with van der Waals surface area (Å²) in [4.78, 5) is 30.0. The average Bonchev–Trinajstić information content (AvgIpc) is 3.99. The molecule has 16 nitrogen and oxygen atoms in total. The Morgan fingerprint density at radius 3 is 1.99 bits per heavy atom. The van der Waals surface area contributed by atoms with E-state index < -0.39 is 0 Å². The number of benzene rings is 4. The van der Waals surface area contributed by atoms with E-state index in [1.807, 2.05) is 60.7 Å². The van der Waals surface area contributed by atoms with Gasteiger partial charge in [0.1, 0.15) is 5.82 Å². The Balaban J connectivity index is 0.000000355. The molecule has 4 aromatic carbocycles. The first-order valence-corrected chi connectivity index (χ1v) is 23.7. The van der Waals surface area contributed by atoms with Crippen molar-refractivity contribution >= 4 is 35.0 Å². The Hall–Kier alpha value is -6.30. The lowest BCUT2D eigenvalue weighted by molar-refractivity contribution is 0.174. The van der Waals surface area contributed by atoms with Gasteiger partial charge in [-0.3, -0.25) is 0 Å². The number of aromatic nitrogens is 8. The van der Waals surface area contributed by atoms with E-state index in [1.165, 1.54) is 23.3 Å². The molecule has 4 amide bonds. The van der Waals surface area contributed by atoms with Crippen LogP contribution in [0.5, 0.6) is 0 Å². The summed E-state index contributed by atoms with van der Waals surface area (Å²) in [5.41, 5.74) is 6.75. The zero-order valence-electron chi connectivity index (χ0n) is 38.7. The summed E-state index contributed by atoms with van der Waals surface area (Å²) in [5, 5.41) is 35.9. The highest BCUT2D eigenvalue weighted by Gasteiger charge is 2.22. The van der Waals surface area contributed by atoms with Crippen molar-refractivity contribution in [2.24, 2.45) is 25.9 Å². The molecule has 4 N–H and O–H groups in total. The van der Waals surface area contributed by atoms with Crippen LogP contribution in [0.1, 0.15) is 61.4 Å². The molecule has 0 spiro atoms. The maximum absolute atomic E-state index is 13.0. The number of anilines is 2. The lowest BCUT2D eigenvalue weighted by atomic mass is 9.96. The lowest BCUT2D eigenvalue weighted by Gasteiger charge is -2.32. The molecule has 2 fully saturated rings. The minimum absolute atomic E-state index is 0. The highest BCUT2D eigenvalue weighted by molar-refractivity contribution is 6.30. The molecule has 67 heavy (non-hydrogen) atoms. The van der Waals surface area contributed by atoms with Gasteiger partial charge in [0, 0.05) is 73.5 Å². The second kappa shape index (κ2) is 24.5. The number of nitrogens with one attached hydrogen (secondary N) is 4. The van der Waals surface area contributed by atoms with E-state index in [0.29, 0.717) is 42.3 Å². The molecule has 0 unspecified atom stereocenters. The third-order valence-corrected chi connectivity index (χ3v) is 12.7. The molecular weight excluding hydrogens is 871 g/mol. The summed E-state index contributed by atoms with van der Waals surface area (Å²) < 4.78 is 16.2. The smallest absolute Gasteiger partial charge is 0.319 e. The van der Waals surface area contributed by atoms with Gasteiger partial charge in [-0.1, -0.05) is 54.9 Å². The molecule has 362 valence electrons. The molecule has 2 aliphatic heterocycles. The molecule has 4 heterocycles. The van der Waals surface area contributed by atoms with Crippen molar-refractivity contribution in [3.63, 3.8) is 0 Å². The van der Waals surface area contributed by atoms with Gasteiger partial charge in [-0.05, 0) is 182 Å². The Morgan fingerprint density at radius 2 is 1.31 bits per heavy atom. The number of piperidine rings is 2. The summed E-state index contributed by atoms with van der Waals surface area (Å²) >= 11 is 5.98. The molecule has 8 rings (SSSR count). The normalized spacial score (nSPS) is 15.6. The van der Waals surface area contributed by atoms with Crippen molar-refractivity contribution in [2.75, 3.05) is 63.0 Å². The summed E-state index contributed by atoms with van der Waals surface area (Å²) in [7, 11) is 3.58. The topological polar surface area (TPSA) is 176 Å². The van der Waals surface area contributed by atoms with Crippen LogP contribution >= 0.6 is 11.6 Å². The van der Waals surface area contributed by atoms with Crippen molar-refractivity contribution in [3.8, 4) is 22.8 Å². The maximum atomic E-state index is 13.0. The molecule has 6 aromatic rings. The zero-order chi connectivity index (χ0) is 47.0. The van der Waals surface area contributed by atoms with Crippen molar-refractivity contribution in [2.45, 2.75) is 58.3 Å². The minimum Gasteiger partial charge on any atom is -0.338 e. The number of urea groups is 2. The number of hydrogen-bond acceptors (Lipinski definition) is 10. The quantitative estimate of drug-likeness (QED) is 0.0735. The zero-order valence-corrected chi connectivity index (χ0v) is 39.4. The highest BCUT2D eigenvalue weighted by Crippen LogP contribution is 2.24. The monoisotopic (exact) mass is 941 g/mol. The van der Waals surface area contributed by atoms with Crippen LogP contribution in [0.3, 0.4) is 0 Å². The van der Waals surface area contributed by atoms with Crippen LogP contribution in [0.25, 0.3) is 22.8 Å². The third-order valence-electron chi connectivity index (χ3n) is 12.4. The number of carbonyl (C=O) groups excluding carboxylic acids is 2. The van der Waals surface area contributed by atoms with Crippen LogP contribution in [0.4, 0.5) is 25.4 Å². The first kappa shape index (κ1) is 48.6. The Labute approximate surface area is 403 Å². The van der Waals surface area contributed by atoms with Crippen LogP contribution in [-0.4, -0.2) is 115 Å². The number of likely N-dealkylation sites (tertiary alicyclic amines) is 2. The van der Waals surface area contributed by atoms with E-state index >= 15 is 0 Å². The molecule has 0 saturated carbocycles. The number of carbonyl (C=O) groups is 2. The standard InChI is InChI=1S/C25H32ClN7O.C24H30FN7O.4H2/c1-3-18-13-21(24-29-30-31-32(24)2)15-23(14-18)28-25(34)27-16-20-5-4-11-33(17-20)12-10-19-6-8-22(26)9-7-19;1-31-23(28-29-30-31)20-5-2-6-22(16-20)27-24(33)26-17-19-11-14-32(15-12-19)13-3-4-18-7-9-21(25)10-8-18;;;;/h6-9,13-15,20H,3-5,10-12,16-17H2,1-2H3,(H2,27,28,34);2,5-10,16,19H,3-4,11-15,17H2,1H3,(H2,26,27,33);4*1H/t20-;;;;;/m0...../s1. The van der Waals surface area contributed by atoms with Crippen LogP contribution < -0.4 is 21.3 Å². The van der Waals surface area contributed by atoms with E-state index in [-0.39, 0.29) is 23.6 Å². The number of tetrazole rings is 2. The second-order valence-electron chi connectivity index (χ2n) is 17.5. The van der Waals surface area contributed by atoms with Gasteiger partial charge in [-0.15, -0.1) is 10.2 Å². The maximum Gasteiger partial charge on any atom is 0.319 e. The number of aryl methyl sites for hydroxylation is 4. The van der Waals surface area contributed by atoms with Gasteiger partial charge >= 0.3 is 12.1 Å². The average molecular weight is 942 g/mol. The van der Waals surface area contributed by atoms with Gasteiger partial charge < -0.3 is 31.1 Å². The molecule has 2 saturated heterocycles. The number of amides is 4.